The Labute approximate surface area is 244 Å². The number of aliphatic carboxylic acids is 1. The zero-order chi connectivity index (χ0) is 29.8. The standard InChI is InChI=1S/C32H34FN5O4/c1-36-15-17-38(18-16-36)20-28(39)37(2)25-11-9-24(10-12-25)34-31(22-6-3-21(4-7-22)5-14-29(40)41)30-26-13-8-23(33)19-27(26)35-32(30)42/h3-4,6-13,19,34H,5,14-18,20H2,1-2H3,(H,35,42)(H,40,41)/b31-30-. The molecule has 0 radical (unpaired) electrons. The van der Waals surface area contributed by atoms with Crippen LogP contribution in [0.5, 0.6) is 0 Å². The van der Waals surface area contributed by atoms with E-state index in [1.54, 1.807) is 18.0 Å². The van der Waals surface area contributed by atoms with Crippen LogP contribution >= 0.6 is 0 Å². The lowest BCUT2D eigenvalue weighted by Crippen LogP contribution is -2.48. The molecule has 3 aromatic rings. The number of anilines is 3. The van der Waals surface area contributed by atoms with Crippen LogP contribution in [0.2, 0.25) is 0 Å². The number of carboxylic acid groups (broad SMARTS) is 1. The van der Waals surface area contributed by atoms with Gasteiger partial charge in [0.25, 0.3) is 5.91 Å². The number of aryl methyl sites for hydroxylation is 1. The van der Waals surface area contributed by atoms with Crippen LogP contribution in [0, 0.1) is 5.82 Å². The van der Waals surface area contributed by atoms with Crippen LogP contribution in [-0.4, -0.2) is 79.5 Å². The van der Waals surface area contributed by atoms with Gasteiger partial charge in [0.1, 0.15) is 5.82 Å². The molecule has 1 fully saturated rings. The number of hydrogen-bond acceptors (Lipinski definition) is 6. The van der Waals surface area contributed by atoms with Gasteiger partial charge in [0.05, 0.1) is 23.5 Å². The predicted molar refractivity (Wildman–Crippen MR) is 162 cm³/mol. The van der Waals surface area contributed by atoms with Crippen molar-refractivity contribution in [2.75, 3.05) is 62.4 Å². The highest BCUT2D eigenvalue weighted by Gasteiger charge is 2.29. The molecule has 0 spiro atoms. The van der Waals surface area contributed by atoms with E-state index >= 15 is 0 Å². The maximum Gasteiger partial charge on any atom is 0.303 e. The molecule has 0 atom stereocenters. The average Bonchev–Trinajstić information content (AvgIpc) is 3.30. The molecule has 2 aliphatic heterocycles. The third-order valence-electron chi connectivity index (χ3n) is 7.70. The molecule has 1 saturated heterocycles. The molecule has 9 nitrogen and oxygen atoms in total. The van der Waals surface area contributed by atoms with E-state index in [2.05, 4.69) is 27.5 Å². The molecule has 2 amide bonds. The smallest absolute Gasteiger partial charge is 0.303 e. The van der Waals surface area contributed by atoms with Crippen molar-refractivity contribution in [3.8, 4) is 0 Å². The maximum absolute atomic E-state index is 13.9. The van der Waals surface area contributed by atoms with Crippen LogP contribution in [0.4, 0.5) is 21.5 Å². The lowest BCUT2D eigenvalue weighted by atomic mass is 9.98. The molecule has 3 N–H and O–H groups in total. The molecule has 0 aliphatic carbocycles. The second kappa shape index (κ2) is 12.5. The molecule has 10 heteroatoms. The molecule has 42 heavy (non-hydrogen) atoms. The highest BCUT2D eigenvalue weighted by molar-refractivity contribution is 6.37. The van der Waals surface area contributed by atoms with Crippen molar-refractivity contribution < 1.29 is 23.9 Å². The van der Waals surface area contributed by atoms with Gasteiger partial charge in [-0.15, -0.1) is 0 Å². The van der Waals surface area contributed by atoms with Crippen LogP contribution in [0.3, 0.4) is 0 Å². The van der Waals surface area contributed by atoms with E-state index in [0.29, 0.717) is 46.7 Å². The van der Waals surface area contributed by atoms with E-state index in [1.807, 2.05) is 48.5 Å². The molecule has 218 valence electrons. The van der Waals surface area contributed by atoms with Gasteiger partial charge in [-0.2, -0.15) is 0 Å². The number of hydrogen-bond donors (Lipinski definition) is 3. The van der Waals surface area contributed by atoms with Crippen molar-refractivity contribution in [3.05, 3.63) is 89.2 Å². The zero-order valence-electron chi connectivity index (χ0n) is 23.7. The van der Waals surface area contributed by atoms with Gasteiger partial charge in [0.15, 0.2) is 0 Å². The highest BCUT2D eigenvalue weighted by Crippen LogP contribution is 2.38. The number of nitrogens with one attached hydrogen (secondary N) is 2. The number of halogens is 1. The van der Waals surface area contributed by atoms with Gasteiger partial charge in [0, 0.05) is 56.6 Å². The van der Waals surface area contributed by atoms with Crippen LogP contribution < -0.4 is 15.5 Å². The Morgan fingerprint density at radius 2 is 1.69 bits per heavy atom. The summed E-state index contributed by atoms with van der Waals surface area (Å²) in [5.41, 5.74) is 4.86. The van der Waals surface area contributed by atoms with Crippen LogP contribution in [0.25, 0.3) is 11.3 Å². The molecule has 5 rings (SSSR count). The Hall–Kier alpha value is -4.54. The van der Waals surface area contributed by atoms with Crippen molar-refractivity contribution >= 4 is 46.1 Å². The van der Waals surface area contributed by atoms with E-state index in [-0.39, 0.29) is 18.2 Å². The van der Waals surface area contributed by atoms with Crippen molar-refractivity contribution in [1.82, 2.24) is 9.80 Å². The first-order valence-electron chi connectivity index (χ1n) is 13.9. The summed E-state index contributed by atoms with van der Waals surface area (Å²) < 4.78 is 13.9. The summed E-state index contributed by atoms with van der Waals surface area (Å²) in [4.78, 5) is 43.1. The summed E-state index contributed by atoms with van der Waals surface area (Å²) in [7, 11) is 3.84. The SMILES string of the molecule is CN1CCN(CC(=O)N(C)c2ccc(N/C(=C3\C(=O)Nc4cc(F)ccc43)c3ccc(CCC(=O)O)cc3)cc2)CC1. The monoisotopic (exact) mass is 571 g/mol. The Morgan fingerprint density at radius 3 is 2.36 bits per heavy atom. The fourth-order valence-corrected chi connectivity index (χ4v) is 5.12. The lowest BCUT2D eigenvalue weighted by molar-refractivity contribution is -0.137. The zero-order valence-corrected chi connectivity index (χ0v) is 23.7. The third kappa shape index (κ3) is 6.67. The van der Waals surface area contributed by atoms with Gasteiger partial charge in [-0.25, -0.2) is 4.39 Å². The third-order valence-corrected chi connectivity index (χ3v) is 7.70. The van der Waals surface area contributed by atoms with E-state index in [1.165, 1.54) is 12.1 Å². The number of fused-ring (bicyclic) bond motifs is 1. The first kappa shape index (κ1) is 29.0. The normalized spacial score (nSPS) is 16.5. The second-order valence-electron chi connectivity index (χ2n) is 10.7. The number of carbonyl (C=O) groups excluding carboxylic acids is 2. The summed E-state index contributed by atoms with van der Waals surface area (Å²) in [6.07, 6.45) is 0.408. The first-order valence-corrected chi connectivity index (χ1v) is 13.9. The van der Waals surface area contributed by atoms with Crippen molar-refractivity contribution in [3.63, 3.8) is 0 Å². The fraction of sp³-hybridized carbons (Fsp3) is 0.281. The number of amides is 2. The topological polar surface area (TPSA) is 105 Å². The number of carbonyl (C=O) groups is 3. The molecule has 2 aliphatic rings. The molecule has 3 aromatic carbocycles. The Kier molecular flexibility index (Phi) is 8.65. The fourth-order valence-electron chi connectivity index (χ4n) is 5.12. The van der Waals surface area contributed by atoms with Crippen LogP contribution in [-0.2, 0) is 20.8 Å². The molecular weight excluding hydrogens is 537 g/mol. The molecule has 0 aromatic heterocycles. The average molecular weight is 572 g/mol. The van der Waals surface area contributed by atoms with E-state index in [0.717, 1.165) is 37.4 Å². The summed E-state index contributed by atoms with van der Waals surface area (Å²) in [5.74, 6) is -1.67. The van der Waals surface area contributed by atoms with Crippen molar-refractivity contribution in [1.29, 1.82) is 0 Å². The quantitative estimate of drug-likeness (QED) is 0.334. The summed E-state index contributed by atoms with van der Waals surface area (Å²) in [6.45, 7) is 3.97. The number of nitrogens with zero attached hydrogens (tertiary/aromatic N) is 3. The Morgan fingerprint density at radius 1 is 1.00 bits per heavy atom. The van der Waals surface area contributed by atoms with Crippen LogP contribution in [0.1, 0.15) is 23.1 Å². The Balaban J connectivity index is 1.40. The first-order chi connectivity index (χ1) is 20.2. The van der Waals surface area contributed by atoms with Crippen molar-refractivity contribution in [2.24, 2.45) is 0 Å². The number of piperazine rings is 1. The van der Waals surface area contributed by atoms with Gasteiger partial charge in [-0.05, 0) is 67.1 Å². The van der Waals surface area contributed by atoms with Gasteiger partial charge in [-0.1, -0.05) is 24.3 Å². The van der Waals surface area contributed by atoms with Gasteiger partial charge >= 0.3 is 5.97 Å². The molecular formula is C32H34FN5O4. The molecule has 0 unspecified atom stereocenters. The summed E-state index contributed by atoms with van der Waals surface area (Å²) >= 11 is 0. The highest BCUT2D eigenvalue weighted by atomic mass is 19.1. The van der Waals surface area contributed by atoms with E-state index in [9.17, 15) is 18.8 Å². The number of rotatable bonds is 9. The lowest BCUT2D eigenvalue weighted by Gasteiger charge is -2.32. The largest absolute Gasteiger partial charge is 0.481 e. The number of benzene rings is 3. The Bertz CT molecular complexity index is 1510. The minimum absolute atomic E-state index is 0.0116. The minimum atomic E-state index is -0.870. The van der Waals surface area contributed by atoms with Gasteiger partial charge in [0.2, 0.25) is 5.91 Å². The minimum Gasteiger partial charge on any atom is -0.481 e. The molecule has 2 heterocycles. The number of carboxylic acids is 1. The summed E-state index contributed by atoms with van der Waals surface area (Å²) in [5, 5.41) is 15.1. The molecule has 0 bridgehead atoms. The van der Waals surface area contributed by atoms with E-state index in [4.69, 9.17) is 5.11 Å². The van der Waals surface area contributed by atoms with Crippen LogP contribution in [0.15, 0.2) is 66.7 Å². The molecule has 0 saturated carbocycles. The summed E-state index contributed by atoms with van der Waals surface area (Å²) in [6, 6.07) is 18.9. The maximum atomic E-state index is 13.9. The predicted octanol–water partition coefficient (Wildman–Crippen LogP) is 3.99. The van der Waals surface area contributed by atoms with E-state index < -0.39 is 11.8 Å². The van der Waals surface area contributed by atoms with Crippen molar-refractivity contribution in [2.45, 2.75) is 12.8 Å². The number of likely N-dealkylation sites (N-methyl/N-ethyl adjacent to an activating group) is 2. The van der Waals surface area contributed by atoms with Gasteiger partial charge < -0.3 is 25.5 Å². The second-order valence-corrected chi connectivity index (χ2v) is 10.7. The van der Waals surface area contributed by atoms with Gasteiger partial charge in [-0.3, -0.25) is 19.3 Å².